The Kier molecular flexibility index (Phi) is 6.44. The van der Waals surface area contributed by atoms with Crippen molar-refractivity contribution in [2.75, 3.05) is 4.90 Å². The minimum absolute atomic E-state index is 0.361. The standard InChI is InChI=1S/C30H23BFNO2/c32-29-21-24(22-10-4-1-5-11-22)20-28(23-12-6-2-7-13-23)30(29)33(26-14-8-3-9-15-26)27-18-16-25(17-19-27)31(34)35/h1-21,34-35H. The van der Waals surface area contributed by atoms with Crippen LogP contribution in [0.4, 0.5) is 21.5 Å². The average Bonchev–Trinajstić information content (AvgIpc) is 2.91. The van der Waals surface area contributed by atoms with Crippen LogP contribution in [0.15, 0.2) is 127 Å². The maximum Gasteiger partial charge on any atom is 0.488 e. The fourth-order valence-electron chi connectivity index (χ4n) is 4.24. The summed E-state index contributed by atoms with van der Waals surface area (Å²) in [5, 5.41) is 19.1. The number of halogens is 1. The SMILES string of the molecule is OB(O)c1ccc(N(c2ccccc2)c2c(F)cc(-c3ccccc3)cc2-c2ccccc2)cc1. The van der Waals surface area contributed by atoms with E-state index in [9.17, 15) is 10.0 Å². The first-order valence-electron chi connectivity index (χ1n) is 11.4. The first-order chi connectivity index (χ1) is 17.1. The summed E-state index contributed by atoms with van der Waals surface area (Å²) in [6.07, 6.45) is 0. The minimum atomic E-state index is -1.57. The summed E-state index contributed by atoms with van der Waals surface area (Å²) in [5.74, 6) is -0.361. The molecule has 0 amide bonds. The number of hydrogen-bond donors (Lipinski definition) is 2. The summed E-state index contributed by atoms with van der Waals surface area (Å²) < 4.78 is 16.2. The number of rotatable bonds is 6. The van der Waals surface area contributed by atoms with Gasteiger partial charge < -0.3 is 14.9 Å². The van der Waals surface area contributed by atoms with Crippen molar-refractivity contribution in [1.82, 2.24) is 0 Å². The third-order valence-corrected chi connectivity index (χ3v) is 5.94. The van der Waals surface area contributed by atoms with Gasteiger partial charge in [-0.05, 0) is 58.6 Å². The van der Waals surface area contributed by atoms with Crippen molar-refractivity contribution in [3.8, 4) is 22.3 Å². The molecular formula is C30H23BFNO2. The van der Waals surface area contributed by atoms with E-state index in [0.717, 1.165) is 27.9 Å². The maximum atomic E-state index is 16.2. The van der Waals surface area contributed by atoms with Gasteiger partial charge in [-0.25, -0.2) is 4.39 Å². The Bertz CT molecular complexity index is 1410. The summed E-state index contributed by atoms with van der Waals surface area (Å²) in [6, 6.07) is 39.5. The molecule has 0 saturated heterocycles. The first-order valence-corrected chi connectivity index (χ1v) is 11.4. The molecular weight excluding hydrogens is 436 g/mol. The van der Waals surface area contributed by atoms with Crippen molar-refractivity contribution in [1.29, 1.82) is 0 Å². The Morgan fingerprint density at radius 2 is 1.06 bits per heavy atom. The predicted octanol–water partition coefficient (Wildman–Crippen LogP) is 6.31. The maximum absolute atomic E-state index is 16.2. The summed E-state index contributed by atoms with van der Waals surface area (Å²) in [5.41, 5.74) is 5.63. The molecule has 0 aliphatic carbocycles. The van der Waals surface area contributed by atoms with E-state index < -0.39 is 7.12 Å². The normalized spacial score (nSPS) is 10.7. The molecule has 0 fully saturated rings. The summed E-state index contributed by atoms with van der Waals surface area (Å²) in [6.45, 7) is 0. The van der Waals surface area contributed by atoms with Crippen LogP contribution in [-0.2, 0) is 0 Å². The lowest BCUT2D eigenvalue weighted by Crippen LogP contribution is -2.29. The van der Waals surface area contributed by atoms with Crippen LogP contribution in [0.3, 0.4) is 0 Å². The highest BCUT2D eigenvalue weighted by Crippen LogP contribution is 2.44. The molecule has 0 bridgehead atoms. The highest BCUT2D eigenvalue weighted by Gasteiger charge is 2.23. The van der Waals surface area contributed by atoms with Crippen LogP contribution in [0.5, 0.6) is 0 Å². The molecule has 170 valence electrons. The van der Waals surface area contributed by atoms with Gasteiger partial charge in [-0.15, -0.1) is 0 Å². The van der Waals surface area contributed by atoms with Crippen LogP contribution < -0.4 is 10.4 Å². The third-order valence-electron chi connectivity index (χ3n) is 5.94. The van der Waals surface area contributed by atoms with Crippen LogP contribution in [0.2, 0.25) is 0 Å². The van der Waals surface area contributed by atoms with Gasteiger partial charge in [-0.2, -0.15) is 0 Å². The lowest BCUT2D eigenvalue weighted by molar-refractivity contribution is 0.426. The zero-order valence-corrected chi connectivity index (χ0v) is 18.9. The van der Waals surface area contributed by atoms with Gasteiger partial charge in [0.25, 0.3) is 0 Å². The molecule has 0 aliphatic rings. The molecule has 3 nitrogen and oxygen atoms in total. The second-order valence-corrected chi connectivity index (χ2v) is 8.22. The van der Waals surface area contributed by atoms with Crippen molar-refractivity contribution in [2.24, 2.45) is 0 Å². The van der Waals surface area contributed by atoms with Crippen molar-refractivity contribution in [3.05, 3.63) is 133 Å². The number of nitrogens with zero attached hydrogens (tertiary/aromatic N) is 1. The van der Waals surface area contributed by atoms with Gasteiger partial charge >= 0.3 is 7.12 Å². The van der Waals surface area contributed by atoms with E-state index in [4.69, 9.17) is 0 Å². The second kappa shape index (κ2) is 9.98. The topological polar surface area (TPSA) is 43.7 Å². The van der Waals surface area contributed by atoms with Gasteiger partial charge in [0.15, 0.2) is 0 Å². The van der Waals surface area contributed by atoms with Gasteiger partial charge in [-0.1, -0.05) is 91.0 Å². The second-order valence-electron chi connectivity index (χ2n) is 8.22. The van der Waals surface area contributed by atoms with E-state index in [2.05, 4.69) is 0 Å². The van der Waals surface area contributed by atoms with E-state index in [1.54, 1.807) is 30.3 Å². The van der Waals surface area contributed by atoms with Crippen molar-refractivity contribution in [3.63, 3.8) is 0 Å². The van der Waals surface area contributed by atoms with E-state index in [-0.39, 0.29) is 5.82 Å². The summed E-state index contributed by atoms with van der Waals surface area (Å²) in [4.78, 5) is 1.86. The molecule has 0 aliphatic heterocycles. The van der Waals surface area contributed by atoms with Gasteiger partial charge in [0.2, 0.25) is 0 Å². The number of hydrogen-bond acceptors (Lipinski definition) is 3. The Labute approximate surface area is 204 Å². The Hall–Kier alpha value is -4.19. The van der Waals surface area contributed by atoms with Crippen LogP contribution in [0.1, 0.15) is 0 Å². The molecule has 0 aromatic heterocycles. The molecule has 0 radical (unpaired) electrons. The summed E-state index contributed by atoms with van der Waals surface area (Å²) >= 11 is 0. The molecule has 35 heavy (non-hydrogen) atoms. The van der Waals surface area contributed by atoms with E-state index in [0.29, 0.717) is 16.8 Å². The number of benzene rings is 5. The van der Waals surface area contributed by atoms with E-state index in [1.165, 1.54) is 0 Å². The largest absolute Gasteiger partial charge is 0.488 e. The zero-order valence-electron chi connectivity index (χ0n) is 18.9. The molecule has 0 heterocycles. The zero-order chi connectivity index (χ0) is 24.2. The highest BCUT2D eigenvalue weighted by atomic mass is 19.1. The van der Waals surface area contributed by atoms with Crippen LogP contribution >= 0.6 is 0 Å². The van der Waals surface area contributed by atoms with Crippen LogP contribution in [0.25, 0.3) is 22.3 Å². The highest BCUT2D eigenvalue weighted by molar-refractivity contribution is 6.58. The lowest BCUT2D eigenvalue weighted by atomic mass is 9.80. The molecule has 0 saturated carbocycles. The van der Waals surface area contributed by atoms with E-state index >= 15 is 4.39 Å². The lowest BCUT2D eigenvalue weighted by Gasteiger charge is -2.29. The van der Waals surface area contributed by atoms with Gasteiger partial charge in [0, 0.05) is 16.9 Å². The summed E-state index contributed by atoms with van der Waals surface area (Å²) in [7, 11) is -1.57. The molecule has 0 atom stereocenters. The quantitative estimate of drug-likeness (QED) is 0.293. The fraction of sp³-hybridized carbons (Fsp3) is 0. The molecule has 5 aromatic rings. The number of anilines is 3. The van der Waals surface area contributed by atoms with E-state index in [1.807, 2.05) is 102 Å². The predicted molar refractivity (Wildman–Crippen MR) is 142 cm³/mol. The van der Waals surface area contributed by atoms with Crippen molar-refractivity contribution < 1.29 is 14.4 Å². The molecule has 2 N–H and O–H groups in total. The van der Waals surface area contributed by atoms with Crippen LogP contribution in [-0.4, -0.2) is 17.2 Å². The Morgan fingerprint density at radius 3 is 1.63 bits per heavy atom. The third kappa shape index (κ3) is 4.73. The Balaban J connectivity index is 1.77. The average molecular weight is 459 g/mol. The van der Waals surface area contributed by atoms with Crippen LogP contribution in [0, 0.1) is 5.82 Å². The molecule has 5 aromatic carbocycles. The smallest absolute Gasteiger partial charge is 0.423 e. The fourth-order valence-corrected chi connectivity index (χ4v) is 4.24. The van der Waals surface area contributed by atoms with Crippen molar-refractivity contribution in [2.45, 2.75) is 0 Å². The van der Waals surface area contributed by atoms with Crippen molar-refractivity contribution >= 4 is 29.6 Å². The molecule has 0 unspecified atom stereocenters. The van der Waals surface area contributed by atoms with Gasteiger partial charge in [0.05, 0.1) is 5.69 Å². The monoisotopic (exact) mass is 459 g/mol. The molecule has 5 heteroatoms. The molecule has 0 spiro atoms. The number of para-hydroxylation sites is 1. The Morgan fingerprint density at radius 1 is 0.543 bits per heavy atom. The van der Waals surface area contributed by atoms with Gasteiger partial charge in [-0.3, -0.25) is 0 Å². The first kappa shape index (κ1) is 22.6. The minimum Gasteiger partial charge on any atom is -0.423 e. The van der Waals surface area contributed by atoms with Gasteiger partial charge in [0.1, 0.15) is 5.82 Å². The molecule has 5 rings (SSSR count).